The number of aromatic nitrogens is 1. The van der Waals surface area contributed by atoms with E-state index in [0.29, 0.717) is 5.13 Å². The summed E-state index contributed by atoms with van der Waals surface area (Å²) in [5.41, 5.74) is 0. The van der Waals surface area contributed by atoms with Crippen molar-refractivity contribution < 1.29 is 4.92 Å². The second kappa shape index (κ2) is 5.92. The van der Waals surface area contributed by atoms with Crippen LogP contribution in [-0.4, -0.2) is 27.5 Å². The number of nitrogens with one attached hydrogen (secondary N) is 1. The topological polar surface area (TPSA) is 68.1 Å². The SMILES string of the molecule is CCSCC(C)Nc1ncc([N+](=O)[O-])s1. The average Bonchev–Trinajstić information content (AvgIpc) is 2.63. The Morgan fingerprint density at radius 3 is 3.07 bits per heavy atom. The molecule has 0 spiro atoms. The highest BCUT2D eigenvalue weighted by Gasteiger charge is 2.12. The Hall–Kier alpha value is -0.820. The van der Waals surface area contributed by atoms with Gasteiger partial charge in [0.05, 0.1) is 4.92 Å². The molecule has 0 aliphatic heterocycles. The number of nitrogens with zero attached hydrogens (tertiary/aromatic N) is 2. The van der Waals surface area contributed by atoms with Crippen molar-refractivity contribution in [3.8, 4) is 0 Å². The van der Waals surface area contributed by atoms with Crippen molar-refractivity contribution in [2.45, 2.75) is 19.9 Å². The van der Waals surface area contributed by atoms with Crippen LogP contribution in [0.5, 0.6) is 0 Å². The van der Waals surface area contributed by atoms with Crippen molar-refractivity contribution in [2.24, 2.45) is 0 Å². The van der Waals surface area contributed by atoms with Gasteiger partial charge in [-0.15, -0.1) is 0 Å². The van der Waals surface area contributed by atoms with E-state index in [4.69, 9.17) is 0 Å². The molecule has 1 aromatic rings. The maximum Gasteiger partial charge on any atom is 0.345 e. The molecule has 84 valence electrons. The Bertz CT molecular complexity index is 329. The van der Waals surface area contributed by atoms with Crippen LogP contribution in [0.15, 0.2) is 6.20 Å². The summed E-state index contributed by atoms with van der Waals surface area (Å²) >= 11 is 2.90. The summed E-state index contributed by atoms with van der Waals surface area (Å²) in [6.45, 7) is 4.14. The maximum absolute atomic E-state index is 10.4. The number of rotatable bonds is 6. The predicted octanol–water partition coefficient (Wildman–Crippen LogP) is 2.60. The van der Waals surface area contributed by atoms with Crippen molar-refractivity contribution in [1.29, 1.82) is 0 Å². The van der Waals surface area contributed by atoms with Crippen LogP contribution in [0.3, 0.4) is 0 Å². The Balaban J connectivity index is 2.46. The number of thioether (sulfide) groups is 1. The van der Waals surface area contributed by atoms with E-state index in [2.05, 4.69) is 17.2 Å². The van der Waals surface area contributed by atoms with Crippen LogP contribution in [0, 0.1) is 10.1 Å². The number of thiazole rings is 1. The van der Waals surface area contributed by atoms with E-state index in [1.54, 1.807) is 0 Å². The van der Waals surface area contributed by atoms with Crippen molar-refractivity contribution in [1.82, 2.24) is 4.98 Å². The zero-order valence-electron chi connectivity index (χ0n) is 8.60. The van der Waals surface area contributed by atoms with Gasteiger partial charge in [-0.1, -0.05) is 6.92 Å². The van der Waals surface area contributed by atoms with Crippen molar-refractivity contribution in [2.75, 3.05) is 16.8 Å². The van der Waals surface area contributed by atoms with Gasteiger partial charge in [0.15, 0.2) is 5.13 Å². The zero-order chi connectivity index (χ0) is 11.3. The second-order valence-electron chi connectivity index (χ2n) is 2.97. The van der Waals surface area contributed by atoms with E-state index in [1.807, 2.05) is 18.7 Å². The summed E-state index contributed by atoms with van der Waals surface area (Å²) in [6.07, 6.45) is 1.28. The van der Waals surface area contributed by atoms with Crippen molar-refractivity contribution in [3.05, 3.63) is 16.3 Å². The number of anilines is 1. The molecule has 1 aromatic heterocycles. The predicted molar refractivity (Wildman–Crippen MR) is 64.9 cm³/mol. The largest absolute Gasteiger partial charge is 0.358 e. The standard InChI is InChI=1S/C8H13N3O2S2/c1-3-14-5-6(2)10-8-9-4-7(15-8)11(12)13/h4,6H,3,5H2,1-2H3,(H,9,10). The minimum atomic E-state index is -0.422. The molecular weight excluding hydrogens is 234 g/mol. The fraction of sp³-hybridized carbons (Fsp3) is 0.625. The Morgan fingerprint density at radius 1 is 1.80 bits per heavy atom. The molecule has 1 rings (SSSR count). The minimum Gasteiger partial charge on any atom is -0.358 e. The third kappa shape index (κ3) is 4.05. The van der Waals surface area contributed by atoms with Crippen LogP contribution in [0.4, 0.5) is 10.1 Å². The van der Waals surface area contributed by atoms with Crippen LogP contribution in [0.1, 0.15) is 13.8 Å². The monoisotopic (exact) mass is 247 g/mol. The molecule has 1 heterocycles. The van der Waals surface area contributed by atoms with Gasteiger partial charge in [-0.3, -0.25) is 10.1 Å². The van der Waals surface area contributed by atoms with Crippen LogP contribution in [-0.2, 0) is 0 Å². The van der Waals surface area contributed by atoms with E-state index in [1.165, 1.54) is 6.20 Å². The van der Waals surface area contributed by atoms with Gasteiger partial charge in [0.1, 0.15) is 6.20 Å². The normalized spacial score (nSPS) is 12.4. The Morgan fingerprint density at radius 2 is 2.53 bits per heavy atom. The van der Waals surface area contributed by atoms with Gasteiger partial charge in [-0.05, 0) is 24.0 Å². The Labute approximate surface area is 96.4 Å². The molecule has 0 bridgehead atoms. The first-order valence-electron chi connectivity index (χ1n) is 4.58. The molecule has 1 N–H and O–H groups in total. The molecule has 15 heavy (non-hydrogen) atoms. The van der Waals surface area contributed by atoms with E-state index in [-0.39, 0.29) is 11.0 Å². The smallest absolute Gasteiger partial charge is 0.345 e. The first-order valence-corrected chi connectivity index (χ1v) is 6.55. The van der Waals surface area contributed by atoms with Crippen molar-refractivity contribution >= 4 is 33.2 Å². The lowest BCUT2D eigenvalue weighted by Crippen LogP contribution is -2.17. The highest BCUT2D eigenvalue weighted by Crippen LogP contribution is 2.25. The van der Waals surface area contributed by atoms with Gasteiger partial charge in [-0.2, -0.15) is 11.8 Å². The lowest BCUT2D eigenvalue weighted by atomic mass is 10.4. The van der Waals surface area contributed by atoms with E-state index < -0.39 is 4.92 Å². The van der Waals surface area contributed by atoms with Crippen LogP contribution >= 0.6 is 23.1 Å². The number of hydrogen-bond donors (Lipinski definition) is 1. The summed E-state index contributed by atoms with van der Waals surface area (Å²) in [4.78, 5) is 13.9. The van der Waals surface area contributed by atoms with E-state index in [0.717, 1.165) is 22.8 Å². The average molecular weight is 247 g/mol. The number of hydrogen-bond acceptors (Lipinski definition) is 6. The van der Waals surface area contributed by atoms with E-state index in [9.17, 15) is 10.1 Å². The summed E-state index contributed by atoms with van der Waals surface area (Å²) in [7, 11) is 0. The lowest BCUT2D eigenvalue weighted by molar-refractivity contribution is -0.380. The molecule has 0 radical (unpaired) electrons. The first kappa shape index (κ1) is 12.3. The van der Waals surface area contributed by atoms with Gasteiger partial charge >= 0.3 is 5.00 Å². The molecule has 1 unspecified atom stereocenters. The highest BCUT2D eigenvalue weighted by molar-refractivity contribution is 7.99. The van der Waals surface area contributed by atoms with E-state index >= 15 is 0 Å². The highest BCUT2D eigenvalue weighted by atomic mass is 32.2. The first-order chi connectivity index (χ1) is 7.13. The molecule has 7 heteroatoms. The van der Waals surface area contributed by atoms with Crippen LogP contribution in [0.25, 0.3) is 0 Å². The summed E-state index contributed by atoms with van der Waals surface area (Å²) < 4.78 is 0. The fourth-order valence-electron chi connectivity index (χ4n) is 0.964. The molecule has 0 saturated heterocycles. The maximum atomic E-state index is 10.4. The van der Waals surface area contributed by atoms with Crippen LogP contribution in [0.2, 0.25) is 0 Å². The molecule has 0 aliphatic rings. The number of nitro groups is 1. The minimum absolute atomic E-state index is 0.0767. The Kier molecular flexibility index (Phi) is 4.83. The third-order valence-electron chi connectivity index (χ3n) is 1.62. The summed E-state index contributed by atoms with van der Waals surface area (Å²) in [6, 6.07) is 0.278. The van der Waals surface area contributed by atoms with Crippen molar-refractivity contribution in [3.63, 3.8) is 0 Å². The second-order valence-corrected chi connectivity index (χ2v) is 5.29. The third-order valence-corrected chi connectivity index (χ3v) is 3.64. The molecule has 0 saturated carbocycles. The van der Waals surface area contributed by atoms with Gasteiger partial charge < -0.3 is 5.32 Å². The summed E-state index contributed by atoms with van der Waals surface area (Å²) in [5, 5.41) is 14.2. The van der Waals surface area contributed by atoms with Gasteiger partial charge in [0.2, 0.25) is 0 Å². The zero-order valence-corrected chi connectivity index (χ0v) is 10.2. The van der Waals surface area contributed by atoms with Gasteiger partial charge in [0.25, 0.3) is 0 Å². The molecule has 0 aromatic carbocycles. The molecule has 5 nitrogen and oxygen atoms in total. The lowest BCUT2D eigenvalue weighted by Gasteiger charge is -2.10. The molecule has 0 fully saturated rings. The van der Waals surface area contributed by atoms with Crippen LogP contribution < -0.4 is 5.32 Å². The molecule has 1 atom stereocenters. The molecular formula is C8H13N3O2S2. The van der Waals surface area contributed by atoms with Gasteiger partial charge in [0, 0.05) is 11.8 Å². The molecule has 0 amide bonds. The quantitative estimate of drug-likeness (QED) is 0.618. The summed E-state index contributed by atoms with van der Waals surface area (Å²) in [5.74, 6) is 2.05. The van der Waals surface area contributed by atoms with Gasteiger partial charge in [-0.25, -0.2) is 4.98 Å². The molecule has 0 aliphatic carbocycles. The fourth-order valence-corrected chi connectivity index (χ4v) is 2.38.